The molecule has 4 rings (SSSR count). The highest BCUT2D eigenvalue weighted by Gasteiger charge is 2.07. The van der Waals surface area contributed by atoms with E-state index in [1.165, 1.54) is 5.56 Å². The van der Waals surface area contributed by atoms with Crippen LogP contribution in [-0.4, -0.2) is 15.2 Å². The molecule has 0 aliphatic rings. The summed E-state index contributed by atoms with van der Waals surface area (Å²) in [5.41, 5.74) is 4.90. The third-order valence-electron chi connectivity index (χ3n) is 4.19. The Morgan fingerprint density at radius 3 is 2.37 bits per heavy atom. The lowest BCUT2D eigenvalue weighted by molar-refractivity contribution is 0.973. The lowest BCUT2D eigenvalue weighted by Gasteiger charge is -2.05. The van der Waals surface area contributed by atoms with Gasteiger partial charge in [-0.3, -0.25) is 5.10 Å². The average Bonchev–Trinajstić information content (AvgIpc) is 3.22. The van der Waals surface area contributed by atoms with Crippen molar-refractivity contribution in [3.8, 4) is 28.6 Å². The minimum atomic E-state index is 0.689. The molecule has 1 aromatic heterocycles. The first-order valence-corrected chi connectivity index (χ1v) is 9.51. The molecule has 0 aliphatic heterocycles. The Morgan fingerprint density at radius 1 is 0.852 bits per heavy atom. The third kappa shape index (κ3) is 3.91. The topological polar surface area (TPSA) is 65.4 Å². The SMILES string of the molecule is N#Cc1ccccc1-c1ccc(CSc2n[nH]c(-c3ccccc3)n2)cc1. The second-order valence-electron chi connectivity index (χ2n) is 5.98. The minimum Gasteiger partial charge on any atom is -0.258 e. The molecule has 0 atom stereocenters. The Kier molecular flexibility index (Phi) is 4.99. The van der Waals surface area contributed by atoms with Gasteiger partial charge in [-0.1, -0.05) is 84.6 Å². The van der Waals surface area contributed by atoms with Crippen molar-refractivity contribution in [3.05, 3.63) is 90.0 Å². The van der Waals surface area contributed by atoms with Crippen LogP contribution in [0.15, 0.2) is 84.0 Å². The first-order chi connectivity index (χ1) is 13.3. The van der Waals surface area contributed by atoms with Crippen molar-refractivity contribution in [2.75, 3.05) is 0 Å². The molecule has 0 amide bonds. The number of hydrogen-bond acceptors (Lipinski definition) is 4. The van der Waals surface area contributed by atoms with E-state index in [0.717, 1.165) is 33.4 Å². The van der Waals surface area contributed by atoms with E-state index in [1.807, 2.05) is 54.6 Å². The van der Waals surface area contributed by atoms with Crippen molar-refractivity contribution < 1.29 is 0 Å². The largest absolute Gasteiger partial charge is 0.258 e. The molecule has 0 saturated heterocycles. The number of nitriles is 1. The lowest BCUT2D eigenvalue weighted by Crippen LogP contribution is -1.86. The maximum atomic E-state index is 9.26. The number of aromatic nitrogens is 3. The van der Waals surface area contributed by atoms with Crippen LogP contribution in [-0.2, 0) is 5.75 Å². The Balaban J connectivity index is 1.44. The number of thioether (sulfide) groups is 1. The summed E-state index contributed by atoms with van der Waals surface area (Å²) >= 11 is 1.59. The van der Waals surface area contributed by atoms with Crippen LogP contribution in [0.25, 0.3) is 22.5 Å². The minimum absolute atomic E-state index is 0.689. The predicted molar refractivity (Wildman–Crippen MR) is 108 cm³/mol. The van der Waals surface area contributed by atoms with E-state index in [4.69, 9.17) is 0 Å². The maximum absolute atomic E-state index is 9.26. The monoisotopic (exact) mass is 368 g/mol. The van der Waals surface area contributed by atoms with Crippen LogP contribution in [0.3, 0.4) is 0 Å². The van der Waals surface area contributed by atoms with Gasteiger partial charge >= 0.3 is 0 Å². The summed E-state index contributed by atoms with van der Waals surface area (Å²) in [4.78, 5) is 4.54. The van der Waals surface area contributed by atoms with Gasteiger partial charge in [-0.25, -0.2) is 4.98 Å². The van der Waals surface area contributed by atoms with Crippen LogP contribution in [0.5, 0.6) is 0 Å². The number of nitrogens with one attached hydrogen (secondary N) is 1. The smallest absolute Gasteiger partial charge is 0.209 e. The van der Waals surface area contributed by atoms with Gasteiger partial charge in [-0.05, 0) is 22.8 Å². The molecule has 4 aromatic rings. The predicted octanol–water partition coefficient (Wildman–Crippen LogP) is 5.30. The summed E-state index contributed by atoms with van der Waals surface area (Å²) in [6, 6.07) is 28.1. The van der Waals surface area contributed by atoms with Crippen molar-refractivity contribution in [2.24, 2.45) is 0 Å². The maximum Gasteiger partial charge on any atom is 0.209 e. The second-order valence-corrected chi connectivity index (χ2v) is 6.92. The van der Waals surface area contributed by atoms with Gasteiger partial charge in [-0.15, -0.1) is 5.10 Å². The molecule has 0 unspecified atom stereocenters. The molecule has 0 radical (unpaired) electrons. The van der Waals surface area contributed by atoms with Crippen LogP contribution < -0.4 is 0 Å². The van der Waals surface area contributed by atoms with E-state index >= 15 is 0 Å². The quantitative estimate of drug-likeness (QED) is 0.485. The number of hydrogen-bond donors (Lipinski definition) is 1. The standard InChI is InChI=1S/C22H16N4S/c23-14-19-8-4-5-9-20(19)17-12-10-16(11-13-17)15-27-22-24-21(25-26-22)18-6-2-1-3-7-18/h1-13H,15H2,(H,24,25,26). The highest BCUT2D eigenvalue weighted by molar-refractivity contribution is 7.98. The van der Waals surface area contributed by atoms with Gasteiger partial charge in [0, 0.05) is 11.3 Å². The molecular weight excluding hydrogens is 352 g/mol. The Morgan fingerprint density at radius 2 is 1.59 bits per heavy atom. The zero-order valence-electron chi connectivity index (χ0n) is 14.5. The zero-order chi connectivity index (χ0) is 18.5. The molecule has 0 bridgehead atoms. The van der Waals surface area contributed by atoms with Gasteiger partial charge in [0.1, 0.15) is 0 Å². The van der Waals surface area contributed by atoms with E-state index in [-0.39, 0.29) is 0 Å². The molecular formula is C22H16N4S. The Hall–Kier alpha value is -3.36. The molecule has 4 nitrogen and oxygen atoms in total. The van der Waals surface area contributed by atoms with E-state index < -0.39 is 0 Å². The molecule has 27 heavy (non-hydrogen) atoms. The van der Waals surface area contributed by atoms with Crippen LogP contribution in [0.1, 0.15) is 11.1 Å². The number of benzene rings is 3. The Labute approximate surface area is 161 Å². The number of H-pyrrole nitrogens is 1. The molecule has 130 valence electrons. The summed E-state index contributed by atoms with van der Waals surface area (Å²) in [6.07, 6.45) is 0. The molecule has 0 saturated carbocycles. The van der Waals surface area contributed by atoms with Crippen LogP contribution in [0.2, 0.25) is 0 Å². The average molecular weight is 368 g/mol. The molecule has 0 fully saturated rings. The summed E-state index contributed by atoms with van der Waals surface area (Å²) in [7, 11) is 0. The van der Waals surface area contributed by atoms with Crippen LogP contribution >= 0.6 is 11.8 Å². The highest BCUT2D eigenvalue weighted by atomic mass is 32.2. The van der Waals surface area contributed by atoms with E-state index in [9.17, 15) is 5.26 Å². The summed E-state index contributed by atoms with van der Waals surface area (Å²) < 4.78 is 0. The molecule has 1 N–H and O–H groups in total. The summed E-state index contributed by atoms with van der Waals surface area (Å²) in [5, 5.41) is 17.3. The number of nitrogens with zero attached hydrogens (tertiary/aromatic N) is 3. The number of aromatic amines is 1. The van der Waals surface area contributed by atoms with Crippen molar-refractivity contribution in [1.82, 2.24) is 15.2 Å². The first kappa shape index (κ1) is 17.1. The molecule has 1 heterocycles. The van der Waals surface area contributed by atoms with Crippen molar-refractivity contribution in [3.63, 3.8) is 0 Å². The van der Waals surface area contributed by atoms with E-state index in [2.05, 4.69) is 45.5 Å². The first-order valence-electron chi connectivity index (χ1n) is 8.52. The zero-order valence-corrected chi connectivity index (χ0v) is 15.3. The van der Waals surface area contributed by atoms with Gasteiger partial charge in [0.05, 0.1) is 11.6 Å². The van der Waals surface area contributed by atoms with Gasteiger partial charge < -0.3 is 0 Å². The third-order valence-corrected chi connectivity index (χ3v) is 5.11. The lowest BCUT2D eigenvalue weighted by atomic mass is 10.00. The fourth-order valence-electron chi connectivity index (χ4n) is 2.80. The van der Waals surface area contributed by atoms with E-state index in [0.29, 0.717) is 5.56 Å². The fourth-order valence-corrected chi connectivity index (χ4v) is 3.55. The summed E-state index contributed by atoms with van der Waals surface area (Å²) in [6.45, 7) is 0. The molecule has 0 spiro atoms. The van der Waals surface area contributed by atoms with Crippen molar-refractivity contribution in [2.45, 2.75) is 10.9 Å². The molecule has 0 aliphatic carbocycles. The fraction of sp³-hybridized carbons (Fsp3) is 0.0455. The van der Waals surface area contributed by atoms with Crippen LogP contribution in [0.4, 0.5) is 0 Å². The summed E-state index contributed by atoms with van der Waals surface area (Å²) in [5.74, 6) is 1.56. The van der Waals surface area contributed by atoms with Crippen molar-refractivity contribution >= 4 is 11.8 Å². The van der Waals surface area contributed by atoms with Crippen LogP contribution in [0, 0.1) is 11.3 Å². The molecule has 5 heteroatoms. The van der Waals surface area contributed by atoms with Gasteiger partial charge in [0.2, 0.25) is 5.16 Å². The Bertz CT molecular complexity index is 1080. The van der Waals surface area contributed by atoms with Gasteiger partial charge in [0.15, 0.2) is 5.82 Å². The second kappa shape index (κ2) is 7.90. The highest BCUT2D eigenvalue weighted by Crippen LogP contribution is 2.26. The van der Waals surface area contributed by atoms with Gasteiger partial charge in [0.25, 0.3) is 0 Å². The van der Waals surface area contributed by atoms with E-state index in [1.54, 1.807) is 11.8 Å². The normalized spacial score (nSPS) is 10.5. The van der Waals surface area contributed by atoms with Crippen molar-refractivity contribution in [1.29, 1.82) is 5.26 Å². The number of rotatable bonds is 5. The van der Waals surface area contributed by atoms with Gasteiger partial charge in [-0.2, -0.15) is 5.26 Å². The molecule has 3 aromatic carbocycles.